The monoisotopic (exact) mass is 725 g/mol. The molecule has 0 aliphatic carbocycles. The third-order valence-corrected chi connectivity index (χ3v) is 8.96. The van der Waals surface area contributed by atoms with Gasteiger partial charge >= 0.3 is 6.09 Å². The summed E-state index contributed by atoms with van der Waals surface area (Å²) >= 11 is 1.37. The second-order valence-electron chi connectivity index (χ2n) is 12.6. The average molecular weight is 726 g/mol. The summed E-state index contributed by atoms with van der Waals surface area (Å²) in [7, 11) is 0. The highest BCUT2D eigenvalue weighted by Gasteiger charge is 2.39. The number of nitrogens with zero attached hydrogens (tertiary/aromatic N) is 1. The van der Waals surface area contributed by atoms with Gasteiger partial charge < -0.3 is 42.4 Å². The zero-order chi connectivity index (χ0) is 37.3. The number of nitrogens with one attached hydrogen (secondary N) is 4. The summed E-state index contributed by atoms with van der Waals surface area (Å²) in [5.41, 5.74) is 12.2. The molecule has 16 heteroatoms. The van der Waals surface area contributed by atoms with Gasteiger partial charge in [-0.1, -0.05) is 74.5 Å². The predicted molar refractivity (Wildman–Crippen MR) is 190 cm³/mol. The van der Waals surface area contributed by atoms with Crippen molar-refractivity contribution in [1.82, 2.24) is 26.2 Å². The Morgan fingerprint density at radius 1 is 0.824 bits per heavy atom. The summed E-state index contributed by atoms with van der Waals surface area (Å²) in [6.07, 6.45) is -0.453. The highest BCUT2D eigenvalue weighted by Crippen LogP contribution is 2.22. The molecule has 1 aliphatic heterocycles. The maximum atomic E-state index is 14.1. The third kappa shape index (κ3) is 14.0. The lowest BCUT2D eigenvalue weighted by molar-refractivity contribution is -0.142. The number of likely N-dealkylation sites (tertiary alicyclic amines) is 1. The van der Waals surface area contributed by atoms with Gasteiger partial charge in [0.05, 0.1) is 13.0 Å². The number of carbonyl (C=O) groups is 7. The molecule has 1 fully saturated rings. The van der Waals surface area contributed by atoms with Crippen molar-refractivity contribution in [1.29, 1.82) is 0 Å². The Morgan fingerprint density at radius 3 is 2.08 bits per heavy atom. The van der Waals surface area contributed by atoms with E-state index in [1.165, 1.54) is 16.7 Å². The number of hydrogen-bond donors (Lipinski definition) is 6. The molecule has 3 rings (SSSR count). The Morgan fingerprint density at radius 2 is 1.47 bits per heavy atom. The molecule has 1 aliphatic rings. The van der Waals surface area contributed by atoms with Crippen LogP contribution in [0.25, 0.3) is 0 Å². The third-order valence-electron chi connectivity index (χ3n) is 7.85. The van der Waals surface area contributed by atoms with Gasteiger partial charge in [0.15, 0.2) is 0 Å². The SMILES string of the molecule is CC(C)C[C@H](NC(=O)C1CCCN1C(=O)[C@H](CSCc1ccccc1)NC(=O)[C@H](CC(N)=O)NC(=O)OCc1ccccc1)C(=O)NCC(N)=O. The second-order valence-corrected chi connectivity index (χ2v) is 13.6. The van der Waals surface area contributed by atoms with E-state index < -0.39 is 78.7 Å². The molecule has 0 aromatic heterocycles. The Bertz CT molecular complexity index is 1510. The molecular formula is C35H47N7O8S. The first-order valence-corrected chi connectivity index (χ1v) is 17.8. The van der Waals surface area contributed by atoms with Crippen molar-refractivity contribution in [2.45, 2.75) is 76.1 Å². The number of alkyl carbamates (subject to hydrolysis) is 1. The standard InChI is InChI=1S/C35H47N7O8S/c1-22(2)16-25(31(45)38-18-30(37)44)39-33(47)28-14-9-15-42(28)34(48)27(21-51-20-24-12-7-4-8-13-24)40-32(46)26(17-29(36)43)41-35(49)50-19-23-10-5-3-6-11-23/h3-8,10-13,22,25-28H,9,14-21H2,1-2H3,(H2,36,43)(H2,37,44)(H,38,45)(H,39,47)(H,40,46)(H,41,49)/t25-,26-,27-,28?/m0/s1. The maximum absolute atomic E-state index is 14.1. The van der Waals surface area contributed by atoms with Crippen molar-refractivity contribution < 1.29 is 38.3 Å². The van der Waals surface area contributed by atoms with Crippen LogP contribution in [0.1, 0.15) is 50.7 Å². The topological polar surface area (TPSA) is 232 Å². The van der Waals surface area contributed by atoms with Crippen molar-refractivity contribution in [2.24, 2.45) is 17.4 Å². The van der Waals surface area contributed by atoms with Crippen LogP contribution < -0.4 is 32.7 Å². The number of benzene rings is 2. The molecule has 8 N–H and O–H groups in total. The number of ether oxygens (including phenoxy) is 1. The molecule has 51 heavy (non-hydrogen) atoms. The van der Waals surface area contributed by atoms with Gasteiger partial charge in [0.1, 0.15) is 30.8 Å². The molecule has 4 atom stereocenters. The van der Waals surface area contributed by atoms with Gasteiger partial charge in [-0.15, -0.1) is 0 Å². The van der Waals surface area contributed by atoms with E-state index in [-0.39, 0.29) is 31.2 Å². The van der Waals surface area contributed by atoms with Crippen LogP contribution in [0.4, 0.5) is 4.79 Å². The van der Waals surface area contributed by atoms with Gasteiger partial charge in [-0.2, -0.15) is 11.8 Å². The minimum absolute atomic E-state index is 0.00903. The van der Waals surface area contributed by atoms with Crippen molar-refractivity contribution in [2.75, 3.05) is 18.8 Å². The van der Waals surface area contributed by atoms with Crippen LogP contribution in [-0.2, 0) is 45.9 Å². The van der Waals surface area contributed by atoms with Crippen LogP contribution in [0.15, 0.2) is 60.7 Å². The smallest absolute Gasteiger partial charge is 0.408 e. The molecule has 0 bridgehead atoms. The lowest BCUT2D eigenvalue weighted by Gasteiger charge is -2.30. The molecule has 2 aromatic rings. The van der Waals surface area contributed by atoms with Gasteiger partial charge in [-0.3, -0.25) is 28.8 Å². The zero-order valence-corrected chi connectivity index (χ0v) is 29.6. The van der Waals surface area contributed by atoms with Crippen LogP contribution in [0.2, 0.25) is 0 Å². The molecular weight excluding hydrogens is 678 g/mol. The largest absolute Gasteiger partial charge is 0.445 e. The molecule has 276 valence electrons. The predicted octanol–water partition coefficient (Wildman–Crippen LogP) is 0.698. The molecule has 0 radical (unpaired) electrons. The molecule has 0 spiro atoms. The summed E-state index contributed by atoms with van der Waals surface area (Å²) in [6.45, 7) is 3.48. The van der Waals surface area contributed by atoms with E-state index in [0.29, 0.717) is 24.2 Å². The van der Waals surface area contributed by atoms with Gasteiger partial charge in [-0.05, 0) is 36.3 Å². The molecule has 1 saturated heterocycles. The molecule has 0 saturated carbocycles. The number of rotatable bonds is 19. The van der Waals surface area contributed by atoms with E-state index in [2.05, 4.69) is 21.3 Å². The summed E-state index contributed by atoms with van der Waals surface area (Å²) in [5.74, 6) is -3.52. The normalized spacial score (nSPS) is 15.6. The number of hydrogen-bond acceptors (Lipinski definition) is 9. The first-order valence-electron chi connectivity index (χ1n) is 16.7. The second kappa shape index (κ2) is 20.5. The van der Waals surface area contributed by atoms with Crippen LogP contribution in [-0.4, -0.2) is 89.4 Å². The van der Waals surface area contributed by atoms with E-state index in [0.717, 1.165) is 5.56 Å². The van der Waals surface area contributed by atoms with E-state index in [4.69, 9.17) is 16.2 Å². The van der Waals surface area contributed by atoms with E-state index in [1.807, 2.05) is 44.2 Å². The Kier molecular flexibility index (Phi) is 16.2. The number of carbonyl (C=O) groups excluding carboxylic acids is 7. The summed E-state index contributed by atoms with van der Waals surface area (Å²) in [4.78, 5) is 91.2. The van der Waals surface area contributed by atoms with Gasteiger partial charge in [0.25, 0.3) is 0 Å². The fraction of sp³-hybridized carbons (Fsp3) is 0.457. The first kappa shape index (κ1) is 40.3. The Labute approximate surface area is 301 Å². The molecule has 1 heterocycles. The number of thioether (sulfide) groups is 1. The summed E-state index contributed by atoms with van der Waals surface area (Å²) in [6, 6.07) is 13.8. The number of primary amides is 2. The molecule has 15 nitrogen and oxygen atoms in total. The summed E-state index contributed by atoms with van der Waals surface area (Å²) < 4.78 is 5.22. The van der Waals surface area contributed by atoms with Crippen LogP contribution in [0, 0.1) is 5.92 Å². The Hall–Kier alpha value is -5.12. The molecule has 2 aromatic carbocycles. The van der Waals surface area contributed by atoms with Gasteiger partial charge in [-0.25, -0.2) is 4.79 Å². The van der Waals surface area contributed by atoms with Crippen LogP contribution in [0.3, 0.4) is 0 Å². The first-order chi connectivity index (χ1) is 24.3. The van der Waals surface area contributed by atoms with E-state index >= 15 is 0 Å². The average Bonchev–Trinajstić information content (AvgIpc) is 3.59. The fourth-order valence-electron chi connectivity index (χ4n) is 5.40. The van der Waals surface area contributed by atoms with Crippen molar-refractivity contribution in [3.8, 4) is 0 Å². The lowest BCUT2D eigenvalue weighted by Crippen LogP contribution is -2.59. The van der Waals surface area contributed by atoms with Crippen molar-refractivity contribution >= 4 is 53.3 Å². The summed E-state index contributed by atoms with van der Waals surface area (Å²) in [5, 5.41) is 10.2. The molecule has 7 amide bonds. The quantitative estimate of drug-likeness (QED) is 0.120. The highest BCUT2D eigenvalue weighted by atomic mass is 32.2. The number of amides is 7. The lowest BCUT2D eigenvalue weighted by atomic mass is 10.0. The Balaban J connectivity index is 1.77. The molecule has 1 unspecified atom stereocenters. The fourth-order valence-corrected chi connectivity index (χ4v) is 6.41. The van der Waals surface area contributed by atoms with E-state index in [9.17, 15) is 33.6 Å². The number of nitrogens with two attached hydrogens (primary N) is 2. The maximum Gasteiger partial charge on any atom is 0.408 e. The van der Waals surface area contributed by atoms with Crippen molar-refractivity contribution in [3.63, 3.8) is 0 Å². The van der Waals surface area contributed by atoms with Gasteiger partial charge in [0, 0.05) is 18.1 Å². The minimum Gasteiger partial charge on any atom is -0.445 e. The van der Waals surface area contributed by atoms with Gasteiger partial charge in [0.2, 0.25) is 35.4 Å². The van der Waals surface area contributed by atoms with Crippen LogP contribution in [0.5, 0.6) is 0 Å². The zero-order valence-electron chi connectivity index (χ0n) is 28.8. The minimum atomic E-state index is -1.45. The van der Waals surface area contributed by atoms with E-state index in [1.54, 1.807) is 30.3 Å². The highest BCUT2D eigenvalue weighted by molar-refractivity contribution is 7.98. The van der Waals surface area contributed by atoms with Crippen LogP contribution >= 0.6 is 11.8 Å². The van der Waals surface area contributed by atoms with Crippen molar-refractivity contribution in [3.05, 3.63) is 71.8 Å².